The molecule has 0 bridgehead atoms. The third-order valence-electron chi connectivity index (χ3n) is 4.36. The van der Waals surface area contributed by atoms with Gasteiger partial charge < -0.3 is 4.42 Å². The summed E-state index contributed by atoms with van der Waals surface area (Å²) in [5.74, 6) is 7.86. The Morgan fingerprint density at radius 3 is 2.89 bits per heavy atom. The predicted molar refractivity (Wildman–Crippen MR) is 77.8 cm³/mol. The quantitative estimate of drug-likeness (QED) is 0.658. The number of rotatable bonds is 3. The SMILES string of the molecule is CC1CCCC1C(NN)c1cc2cccc(Cl)c2o1. The van der Waals surface area contributed by atoms with Crippen molar-refractivity contribution in [2.24, 2.45) is 17.7 Å². The van der Waals surface area contributed by atoms with Crippen LogP contribution >= 0.6 is 11.6 Å². The van der Waals surface area contributed by atoms with E-state index in [0.29, 0.717) is 16.9 Å². The van der Waals surface area contributed by atoms with Crippen LogP contribution in [0, 0.1) is 11.8 Å². The van der Waals surface area contributed by atoms with Crippen molar-refractivity contribution < 1.29 is 4.42 Å². The minimum absolute atomic E-state index is 0.0703. The molecular formula is C15H19ClN2O. The molecule has 102 valence electrons. The van der Waals surface area contributed by atoms with E-state index >= 15 is 0 Å². The van der Waals surface area contributed by atoms with Gasteiger partial charge in [-0.25, -0.2) is 5.43 Å². The van der Waals surface area contributed by atoms with Crippen LogP contribution in [0.5, 0.6) is 0 Å². The third kappa shape index (κ3) is 2.27. The molecule has 1 aliphatic rings. The van der Waals surface area contributed by atoms with E-state index in [4.69, 9.17) is 21.9 Å². The summed E-state index contributed by atoms with van der Waals surface area (Å²) in [6.45, 7) is 2.29. The van der Waals surface area contributed by atoms with Crippen molar-refractivity contribution in [1.29, 1.82) is 0 Å². The first-order valence-corrected chi connectivity index (χ1v) is 7.22. The maximum absolute atomic E-state index is 6.16. The van der Waals surface area contributed by atoms with Gasteiger partial charge in [-0.2, -0.15) is 0 Å². The smallest absolute Gasteiger partial charge is 0.152 e. The van der Waals surface area contributed by atoms with Gasteiger partial charge in [-0.3, -0.25) is 5.84 Å². The Hall–Kier alpha value is -1.03. The van der Waals surface area contributed by atoms with E-state index in [2.05, 4.69) is 18.4 Å². The zero-order valence-electron chi connectivity index (χ0n) is 11.0. The Morgan fingerprint density at radius 1 is 1.42 bits per heavy atom. The van der Waals surface area contributed by atoms with Gasteiger partial charge in [0.1, 0.15) is 5.76 Å². The molecule has 3 N–H and O–H groups in total. The molecular weight excluding hydrogens is 260 g/mol. The Morgan fingerprint density at radius 2 is 2.26 bits per heavy atom. The number of nitrogens with two attached hydrogens (primary N) is 1. The molecule has 3 unspecified atom stereocenters. The van der Waals surface area contributed by atoms with E-state index < -0.39 is 0 Å². The summed E-state index contributed by atoms with van der Waals surface area (Å²) in [6.07, 6.45) is 3.73. The number of furan rings is 1. The highest BCUT2D eigenvalue weighted by atomic mass is 35.5. The molecule has 1 heterocycles. The molecule has 0 saturated heterocycles. The van der Waals surface area contributed by atoms with Gasteiger partial charge in [0.05, 0.1) is 11.1 Å². The number of para-hydroxylation sites is 1. The van der Waals surface area contributed by atoms with Gasteiger partial charge in [-0.1, -0.05) is 43.5 Å². The first-order chi connectivity index (χ1) is 9.20. The molecule has 1 saturated carbocycles. The molecule has 0 spiro atoms. The van der Waals surface area contributed by atoms with Crippen LogP contribution in [-0.4, -0.2) is 0 Å². The second-order valence-electron chi connectivity index (χ2n) is 5.52. The van der Waals surface area contributed by atoms with Gasteiger partial charge in [-0.15, -0.1) is 0 Å². The summed E-state index contributed by atoms with van der Waals surface area (Å²) in [6, 6.07) is 7.92. The average Bonchev–Trinajstić information content (AvgIpc) is 2.99. The average molecular weight is 279 g/mol. The minimum Gasteiger partial charge on any atom is -0.458 e. The van der Waals surface area contributed by atoms with Crippen molar-refractivity contribution >= 4 is 22.6 Å². The van der Waals surface area contributed by atoms with Gasteiger partial charge in [0.2, 0.25) is 0 Å². The summed E-state index contributed by atoms with van der Waals surface area (Å²) in [4.78, 5) is 0. The Bertz CT molecular complexity index is 581. The largest absolute Gasteiger partial charge is 0.458 e. The number of halogens is 1. The zero-order chi connectivity index (χ0) is 13.4. The second kappa shape index (κ2) is 5.16. The van der Waals surface area contributed by atoms with Crippen LogP contribution in [-0.2, 0) is 0 Å². The van der Waals surface area contributed by atoms with E-state index in [1.165, 1.54) is 19.3 Å². The summed E-state index contributed by atoms with van der Waals surface area (Å²) in [7, 11) is 0. The molecule has 19 heavy (non-hydrogen) atoms. The lowest BCUT2D eigenvalue weighted by Crippen LogP contribution is -2.34. The lowest BCUT2D eigenvalue weighted by Gasteiger charge is -2.24. The first kappa shape index (κ1) is 13.0. The molecule has 0 radical (unpaired) electrons. The van der Waals surface area contributed by atoms with Crippen molar-refractivity contribution in [3.63, 3.8) is 0 Å². The molecule has 0 aliphatic heterocycles. The fourth-order valence-electron chi connectivity index (χ4n) is 3.29. The molecule has 0 amide bonds. The second-order valence-corrected chi connectivity index (χ2v) is 5.93. The van der Waals surface area contributed by atoms with Crippen molar-refractivity contribution in [3.05, 3.63) is 35.0 Å². The molecule has 1 aromatic heterocycles. The number of fused-ring (bicyclic) bond motifs is 1. The number of nitrogens with one attached hydrogen (secondary N) is 1. The third-order valence-corrected chi connectivity index (χ3v) is 4.65. The lowest BCUT2D eigenvalue weighted by atomic mass is 9.89. The normalized spacial score (nSPS) is 25.0. The number of hydrazine groups is 1. The molecule has 1 aromatic carbocycles. The highest BCUT2D eigenvalue weighted by molar-refractivity contribution is 6.34. The molecule has 3 nitrogen and oxygen atoms in total. The first-order valence-electron chi connectivity index (χ1n) is 6.85. The molecule has 3 rings (SSSR count). The van der Waals surface area contributed by atoms with Gasteiger partial charge in [0.15, 0.2) is 5.58 Å². The number of hydrogen-bond donors (Lipinski definition) is 2. The zero-order valence-corrected chi connectivity index (χ0v) is 11.8. The maximum atomic E-state index is 6.16. The van der Waals surface area contributed by atoms with Crippen LogP contribution in [0.2, 0.25) is 5.02 Å². The van der Waals surface area contributed by atoms with Gasteiger partial charge in [-0.05, 0) is 30.4 Å². The van der Waals surface area contributed by atoms with E-state index in [1.807, 2.05) is 18.2 Å². The maximum Gasteiger partial charge on any atom is 0.152 e. The Balaban J connectivity index is 1.99. The van der Waals surface area contributed by atoms with Crippen LogP contribution in [0.3, 0.4) is 0 Å². The van der Waals surface area contributed by atoms with Crippen LogP contribution in [0.4, 0.5) is 0 Å². The lowest BCUT2D eigenvalue weighted by molar-refractivity contribution is 0.272. The van der Waals surface area contributed by atoms with Crippen molar-refractivity contribution in [2.45, 2.75) is 32.2 Å². The number of benzene rings is 1. The monoisotopic (exact) mass is 278 g/mol. The minimum atomic E-state index is 0.0703. The summed E-state index contributed by atoms with van der Waals surface area (Å²) >= 11 is 6.16. The highest BCUT2D eigenvalue weighted by Gasteiger charge is 2.33. The predicted octanol–water partition coefficient (Wildman–Crippen LogP) is 4.03. The molecule has 1 fully saturated rings. The standard InChI is InChI=1S/C15H19ClN2O/c1-9-4-2-6-11(9)14(18-17)13-8-10-5-3-7-12(16)15(10)19-13/h3,5,7-9,11,14,18H,2,4,6,17H2,1H3. The molecule has 3 atom stereocenters. The van der Waals surface area contributed by atoms with E-state index in [-0.39, 0.29) is 6.04 Å². The van der Waals surface area contributed by atoms with Crippen molar-refractivity contribution in [1.82, 2.24) is 5.43 Å². The molecule has 4 heteroatoms. The summed E-state index contributed by atoms with van der Waals surface area (Å²) < 4.78 is 5.94. The summed E-state index contributed by atoms with van der Waals surface area (Å²) in [5, 5.41) is 1.69. The Labute approximate surface area is 118 Å². The van der Waals surface area contributed by atoms with Crippen LogP contribution < -0.4 is 11.3 Å². The van der Waals surface area contributed by atoms with Gasteiger partial charge in [0.25, 0.3) is 0 Å². The van der Waals surface area contributed by atoms with Crippen LogP contribution in [0.1, 0.15) is 38.0 Å². The molecule has 1 aliphatic carbocycles. The van der Waals surface area contributed by atoms with Gasteiger partial charge >= 0.3 is 0 Å². The fraction of sp³-hybridized carbons (Fsp3) is 0.467. The van der Waals surface area contributed by atoms with E-state index in [0.717, 1.165) is 16.7 Å². The molecule has 2 aromatic rings. The Kier molecular flexibility index (Phi) is 3.52. The van der Waals surface area contributed by atoms with E-state index in [1.54, 1.807) is 0 Å². The van der Waals surface area contributed by atoms with E-state index in [9.17, 15) is 0 Å². The van der Waals surface area contributed by atoms with Crippen molar-refractivity contribution in [2.75, 3.05) is 0 Å². The highest BCUT2D eigenvalue weighted by Crippen LogP contribution is 2.41. The topological polar surface area (TPSA) is 51.2 Å². The van der Waals surface area contributed by atoms with Crippen LogP contribution in [0.15, 0.2) is 28.7 Å². The van der Waals surface area contributed by atoms with Gasteiger partial charge in [0, 0.05) is 5.39 Å². The summed E-state index contributed by atoms with van der Waals surface area (Å²) in [5.41, 5.74) is 3.69. The number of hydrogen-bond acceptors (Lipinski definition) is 3. The van der Waals surface area contributed by atoms with Crippen LogP contribution in [0.25, 0.3) is 11.0 Å². The van der Waals surface area contributed by atoms with Crippen molar-refractivity contribution in [3.8, 4) is 0 Å². The fourth-order valence-corrected chi connectivity index (χ4v) is 3.51.